The Morgan fingerprint density at radius 3 is 2.32 bits per heavy atom. The van der Waals surface area contributed by atoms with E-state index >= 15 is 0 Å². The topological polar surface area (TPSA) is 73.1 Å². The van der Waals surface area contributed by atoms with Crippen LogP contribution in [0, 0.1) is 6.92 Å². The molecular formula is C18H27N5O3S2. The Morgan fingerprint density at radius 2 is 1.71 bits per heavy atom. The van der Waals surface area contributed by atoms with Crippen molar-refractivity contribution < 1.29 is 12.8 Å². The van der Waals surface area contributed by atoms with Crippen molar-refractivity contribution >= 4 is 21.5 Å². The van der Waals surface area contributed by atoms with Gasteiger partial charge in [-0.1, -0.05) is 6.07 Å². The first-order valence-electron chi connectivity index (χ1n) is 9.60. The van der Waals surface area contributed by atoms with Gasteiger partial charge in [-0.2, -0.15) is 17.0 Å². The smallest absolute Gasteiger partial charge is 0.282 e. The molecule has 0 saturated carbocycles. The minimum Gasteiger partial charge on any atom is -0.440 e. The van der Waals surface area contributed by atoms with Gasteiger partial charge in [0.1, 0.15) is 5.76 Å². The fraction of sp³-hybridized carbons (Fsp3) is 0.611. The van der Waals surface area contributed by atoms with Crippen LogP contribution in [-0.4, -0.2) is 91.2 Å². The summed E-state index contributed by atoms with van der Waals surface area (Å²) in [4.78, 5) is 10.1. The molecule has 154 valence electrons. The van der Waals surface area contributed by atoms with Crippen molar-refractivity contribution in [1.29, 1.82) is 0 Å². The first-order valence-corrected chi connectivity index (χ1v) is 11.9. The number of aromatic nitrogens is 1. The Balaban J connectivity index is 1.34. The van der Waals surface area contributed by atoms with E-state index in [9.17, 15) is 8.42 Å². The van der Waals surface area contributed by atoms with E-state index in [-0.39, 0.29) is 0 Å². The molecule has 0 amide bonds. The van der Waals surface area contributed by atoms with Crippen LogP contribution in [0.2, 0.25) is 0 Å². The molecule has 0 aliphatic carbocycles. The third-order valence-electron chi connectivity index (χ3n) is 5.44. The third-order valence-corrected chi connectivity index (χ3v) is 8.34. The van der Waals surface area contributed by atoms with Gasteiger partial charge in [-0.25, -0.2) is 4.98 Å². The zero-order chi connectivity index (χ0) is 19.7. The van der Waals surface area contributed by atoms with Gasteiger partial charge in [-0.3, -0.25) is 4.90 Å². The number of nitrogens with zero attached hydrogens (tertiary/aromatic N) is 5. The molecule has 2 aliphatic heterocycles. The zero-order valence-corrected chi connectivity index (χ0v) is 18.0. The first kappa shape index (κ1) is 20.0. The minimum atomic E-state index is -3.36. The van der Waals surface area contributed by atoms with E-state index in [1.807, 2.05) is 31.5 Å². The predicted molar refractivity (Wildman–Crippen MR) is 109 cm³/mol. The van der Waals surface area contributed by atoms with E-state index in [4.69, 9.17) is 4.42 Å². The minimum absolute atomic E-state index is 0.517. The zero-order valence-electron chi connectivity index (χ0n) is 16.4. The fourth-order valence-electron chi connectivity index (χ4n) is 3.59. The van der Waals surface area contributed by atoms with Crippen molar-refractivity contribution in [2.45, 2.75) is 13.5 Å². The molecule has 4 heterocycles. The molecule has 28 heavy (non-hydrogen) atoms. The molecule has 0 spiro atoms. The van der Waals surface area contributed by atoms with Gasteiger partial charge < -0.3 is 9.32 Å². The van der Waals surface area contributed by atoms with Gasteiger partial charge in [0.25, 0.3) is 10.2 Å². The van der Waals surface area contributed by atoms with Crippen molar-refractivity contribution in [3.63, 3.8) is 0 Å². The molecule has 2 aromatic heterocycles. The van der Waals surface area contributed by atoms with Crippen LogP contribution < -0.4 is 0 Å². The first-order chi connectivity index (χ1) is 13.4. The number of hydrogen-bond acceptors (Lipinski definition) is 7. The fourth-order valence-corrected chi connectivity index (χ4v) is 5.82. The number of oxazole rings is 1. The van der Waals surface area contributed by atoms with Crippen LogP contribution >= 0.6 is 11.3 Å². The largest absolute Gasteiger partial charge is 0.440 e. The second kappa shape index (κ2) is 8.21. The van der Waals surface area contributed by atoms with Crippen molar-refractivity contribution in [2.24, 2.45) is 0 Å². The number of aryl methyl sites for hydroxylation is 1. The number of thiophene rings is 1. The highest BCUT2D eigenvalue weighted by Crippen LogP contribution is 2.26. The van der Waals surface area contributed by atoms with E-state index in [0.29, 0.717) is 51.7 Å². The Hall–Kier alpha value is -1.30. The molecule has 4 rings (SSSR count). The molecule has 0 aromatic carbocycles. The maximum Gasteiger partial charge on any atom is 0.282 e. The molecule has 2 aromatic rings. The molecule has 0 radical (unpaired) electrons. The van der Waals surface area contributed by atoms with Gasteiger partial charge in [-0.15, -0.1) is 11.3 Å². The lowest BCUT2D eigenvalue weighted by molar-refractivity contribution is 0.163. The summed E-state index contributed by atoms with van der Waals surface area (Å²) in [5, 5.41) is 2.01. The van der Waals surface area contributed by atoms with Crippen molar-refractivity contribution in [3.05, 3.63) is 29.0 Å². The van der Waals surface area contributed by atoms with Gasteiger partial charge in [0, 0.05) is 58.9 Å². The molecule has 2 aliphatic rings. The highest BCUT2D eigenvalue weighted by atomic mass is 32.2. The molecule has 10 heteroatoms. The summed E-state index contributed by atoms with van der Waals surface area (Å²) < 4.78 is 34.8. The Labute approximate surface area is 170 Å². The van der Waals surface area contributed by atoms with E-state index in [1.165, 1.54) is 0 Å². The van der Waals surface area contributed by atoms with E-state index in [1.54, 1.807) is 19.9 Å². The van der Waals surface area contributed by atoms with Crippen molar-refractivity contribution in [1.82, 2.24) is 23.4 Å². The van der Waals surface area contributed by atoms with Gasteiger partial charge in [0.2, 0.25) is 5.89 Å². The van der Waals surface area contributed by atoms with Crippen LogP contribution in [0.5, 0.6) is 0 Å². The lowest BCUT2D eigenvalue weighted by Crippen LogP contribution is -2.56. The third kappa shape index (κ3) is 4.17. The second-order valence-corrected chi connectivity index (χ2v) is 10.3. The summed E-state index contributed by atoms with van der Waals surface area (Å²) >= 11 is 1.61. The molecule has 2 fully saturated rings. The van der Waals surface area contributed by atoms with Gasteiger partial charge in [-0.05, 0) is 25.4 Å². The predicted octanol–water partition coefficient (Wildman–Crippen LogP) is 1.32. The van der Waals surface area contributed by atoms with Gasteiger partial charge >= 0.3 is 0 Å². The number of hydrogen-bond donors (Lipinski definition) is 0. The lowest BCUT2D eigenvalue weighted by Gasteiger charge is -2.38. The Kier molecular flexibility index (Phi) is 5.86. The van der Waals surface area contributed by atoms with Crippen molar-refractivity contribution in [2.75, 3.05) is 59.4 Å². The van der Waals surface area contributed by atoms with Gasteiger partial charge in [0.05, 0.1) is 10.6 Å². The number of rotatable bonds is 5. The molecule has 0 N–H and O–H groups in total. The van der Waals surface area contributed by atoms with Crippen LogP contribution in [0.3, 0.4) is 0 Å². The maximum atomic E-state index is 12.9. The average Bonchev–Trinajstić information content (AvgIpc) is 3.33. The quantitative estimate of drug-likeness (QED) is 0.720. The van der Waals surface area contributed by atoms with Crippen LogP contribution in [0.15, 0.2) is 21.9 Å². The SMILES string of the molecule is Cc1oc(-c2cccs2)nc1CN1CCN(S(=O)(=O)N2CCN(C)CC2)CC1. The van der Waals surface area contributed by atoms with E-state index in [0.717, 1.165) is 29.4 Å². The molecule has 2 saturated heterocycles. The molecular weight excluding hydrogens is 398 g/mol. The van der Waals surface area contributed by atoms with Crippen LogP contribution in [0.1, 0.15) is 11.5 Å². The summed E-state index contributed by atoms with van der Waals surface area (Å²) in [6, 6.07) is 3.99. The summed E-state index contributed by atoms with van der Waals surface area (Å²) in [7, 11) is -1.33. The van der Waals surface area contributed by atoms with Gasteiger partial charge in [0.15, 0.2) is 0 Å². The van der Waals surface area contributed by atoms with Crippen LogP contribution in [0.4, 0.5) is 0 Å². The highest BCUT2D eigenvalue weighted by molar-refractivity contribution is 7.86. The summed E-state index contributed by atoms with van der Waals surface area (Å²) in [5.74, 6) is 1.50. The normalized spacial score (nSPS) is 21.4. The molecule has 0 bridgehead atoms. The van der Waals surface area contributed by atoms with E-state index in [2.05, 4.69) is 14.8 Å². The molecule has 0 atom stereocenters. The standard InChI is InChI=1S/C18H27N5O3S2/c1-15-16(19-18(26-15)17-4-3-13-27-17)14-21-7-11-23(12-8-21)28(24,25)22-9-5-20(2)6-10-22/h3-4,13H,5-12,14H2,1-2H3. The average molecular weight is 426 g/mol. The molecule has 8 nitrogen and oxygen atoms in total. The maximum absolute atomic E-state index is 12.9. The number of piperazine rings is 2. The molecule has 0 unspecified atom stereocenters. The van der Waals surface area contributed by atoms with Crippen LogP contribution in [0.25, 0.3) is 10.8 Å². The van der Waals surface area contributed by atoms with Crippen LogP contribution in [-0.2, 0) is 16.8 Å². The monoisotopic (exact) mass is 425 g/mol. The summed E-state index contributed by atoms with van der Waals surface area (Å²) in [5.41, 5.74) is 0.929. The second-order valence-electron chi connectivity index (χ2n) is 7.38. The van der Waals surface area contributed by atoms with E-state index < -0.39 is 10.2 Å². The Morgan fingerprint density at radius 1 is 1.07 bits per heavy atom. The number of likely N-dealkylation sites (N-methyl/N-ethyl adjacent to an activating group) is 1. The van der Waals surface area contributed by atoms with Crippen molar-refractivity contribution in [3.8, 4) is 10.8 Å². The summed E-state index contributed by atoms with van der Waals surface area (Å²) in [6.45, 7) is 7.78. The highest BCUT2D eigenvalue weighted by Gasteiger charge is 2.34. The lowest BCUT2D eigenvalue weighted by atomic mass is 10.3. The Bertz CT molecular complexity index is 880. The summed E-state index contributed by atoms with van der Waals surface area (Å²) in [6.07, 6.45) is 0.